The Morgan fingerprint density at radius 3 is 1.19 bits per heavy atom. The van der Waals surface area contributed by atoms with Gasteiger partial charge in [0, 0.05) is 0 Å². The van der Waals surface area contributed by atoms with Crippen molar-refractivity contribution in [3.63, 3.8) is 0 Å². The van der Waals surface area contributed by atoms with Gasteiger partial charge in [-0.25, -0.2) is 0 Å². The predicted molar refractivity (Wildman–Crippen MR) is 120 cm³/mol. The van der Waals surface area contributed by atoms with E-state index in [1.807, 2.05) is 6.92 Å². The van der Waals surface area contributed by atoms with E-state index in [-0.39, 0.29) is 6.10 Å². The fourth-order valence-corrected chi connectivity index (χ4v) is 3.98. The summed E-state index contributed by atoms with van der Waals surface area (Å²) in [5.41, 5.74) is 0. The number of aliphatic hydroxyl groups is 2. The molecule has 0 amide bonds. The normalized spacial score (nSPS) is 13.2. The quantitative estimate of drug-likeness (QED) is 0.383. The lowest BCUT2D eigenvalue weighted by atomic mass is 10.1. The van der Waals surface area contributed by atoms with Crippen LogP contribution in [-0.2, 0) is 0 Å². The summed E-state index contributed by atoms with van der Waals surface area (Å²) in [6, 6.07) is 0. The maximum Gasteiger partial charge on any atom is 0.105 e. The Hall–Kier alpha value is -0.160. The Bertz CT molecular complexity index is 275. The number of hydrogen-bond acceptors (Lipinski definition) is 2. The number of aliphatic hydroxyl groups excluding tert-OH is 2. The van der Waals surface area contributed by atoms with Crippen molar-refractivity contribution in [2.75, 3.05) is 59.0 Å². The molecule has 0 aromatic carbocycles. The largest absolute Gasteiger partial charge is 0.391 e. The van der Waals surface area contributed by atoms with Gasteiger partial charge in [-0.1, -0.05) is 40.0 Å². The van der Waals surface area contributed by atoms with Crippen LogP contribution in [0.3, 0.4) is 0 Å². The summed E-state index contributed by atoms with van der Waals surface area (Å²) in [5, 5.41) is 18.5. The van der Waals surface area contributed by atoms with Crippen LogP contribution in [0.5, 0.6) is 0 Å². The van der Waals surface area contributed by atoms with Crippen molar-refractivity contribution in [3.05, 3.63) is 0 Å². The van der Waals surface area contributed by atoms with Crippen LogP contribution in [0, 0.1) is 0 Å². The van der Waals surface area contributed by atoms with Crippen molar-refractivity contribution >= 4 is 0 Å². The topological polar surface area (TPSA) is 40.5 Å². The van der Waals surface area contributed by atoms with Gasteiger partial charge in [0.15, 0.2) is 0 Å². The highest BCUT2D eigenvalue weighted by Crippen LogP contribution is 2.14. The zero-order chi connectivity index (χ0) is 21.2. The molecular weight excluding hydrogens is 336 g/mol. The lowest BCUT2D eigenvalue weighted by Gasteiger charge is -2.38. The smallest absolute Gasteiger partial charge is 0.105 e. The second kappa shape index (κ2) is 17.9. The second-order valence-electron chi connectivity index (χ2n) is 8.34. The Labute approximate surface area is 171 Å². The number of rotatable bonds is 16. The first kappa shape index (κ1) is 29.0. The van der Waals surface area contributed by atoms with E-state index in [0.717, 1.165) is 41.7 Å². The first-order valence-corrected chi connectivity index (χ1v) is 11.8. The van der Waals surface area contributed by atoms with Gasteiger partial charge < -0.3 is 19.2 Å². The Morgan fingerprint density at radius 2 is 1.00 bits per heavy atom. The van der Waals surface area contributed by atoms with Crippen LogP contribution in [0.25, 0.3) is 0 Å². The molecule has 0 aliphatic heterocycles. The maximum atomic E-state index is 9.28. The van der Waals surface area contributed by atoms with Gasteiger partial charge in [0.2, 0.25) is 0 Å². The monoisotopic (exact) mass is 390 g/mol. The van der Waals surface area contributed by atoms with Gasteiger partial charge >= 0.3 is 0 Å². The lowest BCUT2D eigenvalue weighted by Crippen LogP contribution is -2.51. The standard InChI is InChI=1S/C14H32NO.C9H22NO/c1-4-7-10-15(13-14-16,11-8-5-2)12-9-6-3;1-5-10(6-2,7-3)8-9(4)11/h16H,4-14H2,1-3H3;9,11H,5-8H2,1-4H3/q2*+1. The second-order valence-corrected chi connectivity index (χ2v) is 8.34. The van der Waals surface area contributed by atoms with Crippen LogP contribution in [0.4, 0.5) is 0 Å². The molecule has 0 bridgehead atoms. The fraction of sp³-hybridized carbons (Fsp3) is 1.00. The summed E-state index contributed by atoms with van der Waals surface area (Å²) in [5.74, 6) is 0. The number of nitrogens with zero attached hydrogens (tertiary/aromatic N) is 2. The third kappa shape index (κ3) is 13.6. The molecular formula is C23H54N2O2+2. The summed E-state index contributed by atoms with van der Waals surface area (Å²) < 4.78 is 2.20. The third-order valence-electron chi connectivity index (χ3n) is 6.20. The highest BCUT2D eigenvalue weighted by atomic mass is 16.3. The predicted octanol–water partition coefficient (Wildman–Crippen LogP) is 4.44. The minimum Gasteiger partial charge on any atom is -0.391 e. The van der Waals surface area contributed by atoms with Crippen molar-refractivity contribution in [2.45, 2.75) is 93.1 Å². The Balaban J connectivity index is 0. The average molecular weight is 391 g/mol. The van der Waals surface area contributed by atoms with Gasteiger partial charge in [-0.2, -0.15) is 0 Å². The molecule has 1 unspecified atom stereocenters. The van der Waals surface area contributed by atoms with Gasteiger partial charge in [0.1, 0.15) is 19.2 Å². The minimum atomic E-state index is -0.171. The SMILES string of the molecule is CCCC[N+](CCO)(CCCC)CCCC.CC[N+](CC)(CC)CC(C)O. The van der Waals surface area contributed by atoms with E-state index in [2.05, 4.69) is 41.5 Å². The van der Waals surface area contributed by atoms with E-state index < -0.39 is 0 Å². The summed E-state index contributed by atoms with van der Waals surface area (Å²) in [6.07, 6.45) is 7.53. The molecule has 4 nitrogen and oxygen atoms in total. The molecule has 4 heteroatoms. The zero-order valence-corrected chi connectivity index (χ0v) is 20.0. The fourth-order valence-electron chi connectivity index (χ4n) is 3.98. The molecule has 0 saturated carbocycles. The van der Waals surface area contributed by atoms with Crippen molar-refractivity contribution in [3.8, 4) is 0 Å². The average Bonchev–Trinajstić information content (AvgIpc) is 2.67. The number of quaternary nitrogens is 2. The maximum absolute atomic E-state index is 9.28. The summed E-state index contributed by atoms with van der Waals surface area (Å²) in [4.78, 5) is 0. The molecule has 0 aliphatic carbocycles. The number of hydrogen-bond donors (Lipinski definition) is 2. The number of unbranched alkanes of at least 4 members (excludes halogenated alkanes) is 3. The van der Waals surface area contributed by atoms with Crippen molar-refractivity contribution in [2.24, 2.45) is 0 Å². The van der Waals surface area contributed by atoms with Gasteiger partial charge in [0.25, 0.3) is 0 Å². The molecule has 0 aliphatic rings. The lowest BCUT2D eigenvalue weighted by molar-refractivity contribution is -0.929. The first-order chi connectivity index (χ1) is 12.8. The Morgan fingerprint density at radius 1 is 0.630 bits per heavy atom. The van der Waals surface area contributed by atoms with Crippen LogP contribution in [-0.4, -0.2) is 84.2 Å². The molecule has 2 N–H and O–H groups in total. The summed E-state index contributed by atoms with van der Waals surface area (Å²) in [7, 11) is 0. The number of likely N-dealkylation sites (N-methyl/N-ethyl adjacent to an activating group) is 1. The molecule has 166 valence electrons. The molecule has 0 aromatic rings. The van der Waals surface area contributed by atoms with E-state index in [9.17, 15) is 10.2 Å². The molecule has 27 heavy (non-hydrogen) atoms. The van der Waals surface area contributed by atoms with Crippen LogP contribution in [0.2, 0.25) is 0 Å². The Kier molecular flexibility index (Phi) is 19.3. The van der Waals surface area contributed by atoms with E-state index in [0.29, 0.717) is 6.61 Å². The molecule has 0 aromatic heterocycles. The van der Waals surface area contributed by atoms with Crippen LogP contribution >= 0.6 is 0 Å². The molecule has 0 saturated heterocycles. The van der Waals surface area contributed by atoms with Crippen molar-refractivity contribution < 1.29 is 19.2 Å². The van der Waals surface area contributed by atoms with Crippen LogP contribution in [0.1, 0.15) is 87.0 Å². The molecule has 0 heterocycles. The molecule has 0 fully saturated rings. The van der Waals surface area contributed by atoms with Gasteiger partial charge in [0.05, 0.1) is 45.9 Å². The highest BCUT2D eigenvalue weighted by Gasteiger charge is 2.24. The van der Waals surface area contributed by atoms with Crippen molar-refractivity contribution in [1.29, 1.82) is 0 Å². The molecule has 0 radical (unpaired) electrons. The van der Waals surface area contributed by atoms with E-state index >= 15 is 0 Å². The van der Waals surface area contributed by atoms with E-state index in [1.54, 1.807) is 0 Å². The summed E-state index contributed by atoms with van der Waals surface area (Å²) in [6.45, 7) is 24.6. The van der Waals surface area contributed by atoms with Gasteiger partial charge in [-0.15, -0.1) is 0 Å². The highest BCUT2D eigenvalue weighted by molar-refractivity contribution is 4.48. The first-order valence-electron chi connectivity index (χ1n) is 11.8. The van der Waals surface area contributed by atoms with Crippen molar-refractivity contribution in [1.82, 2.24) is 0 Å². The molecule has 0 spiro atoms. The third-order valence-corrected chi connectivity index (χ3v) is 6.20. The molecule has 0 rings (SSSR count). The summed E-state index contributed by atoms with van der Waals surface area (Å²) >= 11 is 0. The van der Waals surface area contributed by atoms with Gasteiger partial charge in [-0.3, -0.25) is 0 Å². The molecule has 1 atom stereocenters. The minimum absolute atomic E-state index is 0.171. The van der Waals surface area contributed by atoms with Crippen LogP contribution in [0.15, 0.2) is 0 Å². The van der Waals surface area contributed by atoms with Gasteiger partial charge in [-0.05, 0) is 47.0 Å². The van der Waals surface area contributed by atoms with E-state index in [1.165, 1.54) is 58.2 Å². The van der Waals surface area contributed by atoms with E-state index in [4.69, 9.17) is 0 Å². The zero-order valence-electron chi connectivity index (χ0n) is 20.0. The van der Waals surface area contributed by atoms with Crippen LogP contribution < -0.4 is 0 Å².